The number of nitrogens with two attached hydrogens (primary N) is 1. The second-order valence-electron chi connectivity index (χ2n) is 11.4. The molecule has 1 fully saturated rings. The number of nitro groups is 1. The number of guanidine groups is 1. The Morgan fingerprint density at radius 3 is 2.33 bits per heavy atom. The number of carbonyl (C=O) groups excluding carboxylic acids is 1. The molecular weight excluding hydrogens is 564 g/mol. The summed E-state index contributed by atoms with van der Waals surface area (Å²) in [5.41, 5.74) is 6.85. The van der Waals surface area contributed by atoms with Crippen LogP contribution in [0.2, 0.25) is 0 Å². The zero-order valence-electron chi connectivity index (χ0n) is 23.9. The van der Waals surface area contributed by atoms with Gasteiger partial charge < -0.3 is 20.6 Å². The van der Waals surface area contributed by atoms with Crippen molar-refractivity contribution in [3.63, 3.8) is 0 Å². The summed E-state index contributed by atoms with van der Waals surface area (Å²) in [5, 5.41) is 28.9. The van der Waals surface area contributed by atoms with Crippen LogP contribution < -0.4 is 10.5 Å². The summed E-state index contributed by atoms with van der Waals surface area (Å²) in [7, 11) is -4.34. The van der Waals surface area contributed by atoms with Crippen LogP contribution in [0, 0.1) is 21.4 Å². The fraction of sp³-hybridized carbons (Fsp3) is 0.464. The number of benzene rings is 2. The number of carboxylic acids is 1. The van der Waals surface area contributed by atoms with E-state index in [2.05, 4.69) is 4.72 Å². The molecule has 0 aliphatic carbocycles. The van der Waals surface area contributed by atoms with Crippen molar-refractivity contribution in [3.8, 4) is 0 Å². The van der Waals surface area contributed by atoms with Crippen LogP contribution >= 0.6 is 0 Å². The third-order valence-electron chi connectivity index (χ3n) is 7.25. The first-order valence-electron chi connectivity index (χ1n) is 13.6. The molecule has 0 radical (unpaired) electrons. The number of nitrogens with one attached hydrogen (secondary N) is 2. The molecule has 0 spiro atoms. The molecule has 2 atom stereocenters. The van der Waals surface area contributed by atoms with Crippen LogP contribution in [0.4, 0.5) is 5.69 Å². The normalized spacial score (nSPS) is 16.5. The number of sulfonamides is 1. The first-order chi connectivity index (χ1) is 19.6. The van der Waals surface area contributed by atoms with Crippen molar-refractivity contribution in [2.45, 2.75) is 62.9 Å². The van der Waals surface area contributed by atoms with Gasteiger partial charge in [-0.25, -0.2) is 13.2 Å². The molecule has 1 saturated heterocycles. The van der Waals surface area contributed by atoms with Gasteiger partial charge >= 0.3 is 5.97 Å². The van der Waals surface area contributed by atoms with Gasteiger partial charge in [0.1, 0.15) is 0 Å². The van der Waals surface area contributed by atoms with Crippen LogP contribution in [0.3, 0.4) is 0 Å². The summed E-state index contributed by atoms with van der Waals surface area (Å²) in [6.45, 7) is 6.73. The zero-order chi connectivity index (χ0) is 31.2. The molecule has 3 rings (SSSR count). The van der Waals surface area contributed by atoms with Crippen molar-refractivity contribution in [3.05, 3.63) is 69.8 Å². The number of likely N-dealkylation sites (tertiary alicyclic amines) is 1. The Morgan fingerprint density at radius 2 is 1.81 bits per heavy atom. The molecule has 1 unspecified atom stereocenters. The minimum Gasteiger partial charge on any atom is -0.479 e. The minimum atomic E-state index is -4.34. The van der Waals surface area contributed by atoms with Crippen LogP contribution in [0.5, 0.6) is 0 Å². The van der Waals surface area contributed by atoms with Crippen molar-refractivity contribution < 1.29 is 28.0 Å². The van der Waals surface area contributed by atoms with Crippen molar-refractivity contribution in [1.82, 2.24) is 14.5 Å². The van der Waals surface area contributed by atoms with Crippen molar-refractivity contribution in [2.24, 2.45) is 11.7 Å². The molecule has 2 aromatic carbocycles. The number of carbonyl (C=O) groups is 2. The summed E-state index contributed by atoms with van der Waals surface area (Å²) < 4.78 is 28.8. The summed E-state index contributed by atoms with van der Waals surface area (Å²) in [4.78, 5) is 38.9. The predicted molar refractivity (Wildman–Crippen MR) is 156 cm³/mol. The van der Waals surface area contributed by atoms with E-state index in [-0.39, 0.29) is 47.3 Å². The van der Waals surface area contributed by atoms with Gasteiger partial charge in [0.2, 0.25) is 15.9 Å². The van der Waals surface area contributed by atoms with E-state index >= 15 is 0 Å². The predicted octanol–water partition coefficient (Wildman–Crippen LogP) is 2.65. The van der Waals surface area contributed by atoms with Gasteiger partial charge in [0.15, 0.2) is 12.1 Å². The number of piperidine rings is 1. The van der Waals surface area contributed by atoms with Crippen molar-refractivity contribution >= 4 is 33.5 Å². The van der Waals surface area contributed by atoms with Gasteiger partial charge in [-0.05, 0) is 53.9 Å². The maximum absolute atomic E-state index is 13.5. The Bertz CT molecular complexity index is 1410. The van der Waals surface area contributed by atoms with Gasteiger partial charge in [0.05, 0.1) is 9.82 Å². The van der Waals surface area contributed by atoms with E-state index in [9.17, 15) is 33.2 Å². The second kappa shape index (κ2) is 13.3. The van der Waals surface area contributed by atoms with Gasteiger partial charge in [-0.2, -0.15) is 4.72 Å². The van der Waals surface area contributed by atoms with Crippen LogP contribution in [0.15, 0.2) is 53.4 Å². The van der Waals surface area contributed by atoms with E-state index in [1.54, 1.807) is 17.0 Å². The summed E-state index contributed by atoms with van der Waals surface area (Å²) >= 11 is 0. The number of nitrogens with zero attached hydrogens (tertiary/aromatic N) is 3. The number of hydrogen-bond acceptors (Lipinski definition) is 7. The number of rotatable bonds is 11. The topological polar surface area (TPSA) is 200 Å². The third kappa shape index (κ3) is 8.49. The van der Waals surface area contributed by atoms with Gasteiger partial charge in [-0.3, -0.25) is 20.3 Å². The molecule has 1 heterocycles. The van der Waals surface area contributed by atoms with Gasteiger partial charge in [-0.15, -0.1) is 0 Å². The minimum absolute atomic E-state index is 0.0781. The first kappa shape index (κ1) is 32.5. The van der Waals surface area contributed by atoms with E-state index < -0.39 is 33.0 Å². The van der Waals surface area contributed by atoms with E-state index in [0.29, 0.717) is 31.5 Å². The molecule has 0 bridgehead atoms. The van der Waals surface area contributed by atoms with Gasteiger partial charge in [-0.1, -0.05) is 45.0 Å². The van der Waals surface area contributed by atoms with Crippen molar-refractivity contribution in [2.75, 3.05) is 19.6 Å². The highest BCUT2D eigenvalue weighted by molar-refractivity contribution is 7.89. The maximum atomic E-state index is 13.5. The average molecular weight is 603 g/mol. The largest absolute Gasteiger partial charge is 0.479 e. The number of non-ortho nitro benzene ring substituents is 1. The Labute approximate surface area is 245 Å². The molecule has 1 aliphatic heterocycles. The summed E-state index contributed by atoms with van der Waals surface area (Å²) in [6, 6.07) is 11.8. The fourth-order valence-electron chi connectivity index (χ4n) is 4.84. The highest BCUT2D eigenvalue weighted by Crippen LogP contribution is 2.24. The van der Waals surface area contributed by atoms with Crippen molar-refractivity contribution in [1.29, 1.82) is 5.41 Å². The molecule has 14 heteroatoms. The molecule has 13 nitrogen and oxygen atoms in total. The lowest BCUT2D eigenvalue weighted by molar-refractivity contribution is -0.384. The molecule has 0 saturated carbocycles. The lowest BCUT2D eigenvalue weighted by atomic mass is 9.87. The Balaban J connectivity index is 1.87. The SMILES string of the molecule is CC(C)(C)c1ccc(S(=O)(=O)N[C@H](C(=O)O)N(CC2CCCN(C(=N)N)C2)C(=O)CCc2ccc([N+](=O)[O-])cc2)cc1. The molecule has 5 N–H and O–H groups in total. The van der Waals surface area contributed by atoms with E-state index in [1.165, 1.54) is 36.4 Å². The first-order valence-corrected chi connectivity index (χ1v) is 15.0. The number of aliphatic carboxylic acids is 1. The lowest BCUT2D eigenvalue weighted by Gasteiger charge is -2.37. The molecule has 228 valence electrons. The third-order valence-corrected chi connectivity index (χ3v) is 8.68. The Morgan fingerprint density at radius 1 is 1.19 bits per heavy atom. The summed E-state index contributed by atoms with van der Waals surface area (Å²) in [5.74, 6) is -2.55. The standard InChI is InChI=1S/C28H38N6O7S/c1-28(2,3)21-9-13-23(14-10-21)42(40,41)31-25(26(36)37)33(18-20-5-4-16-32(17-20)27(29)30)24(35)15-8-19-6-11-22(12-7-19)34(38)39/h6-7,9-14,20,25,31H,4-5,8,15-18H2,1-3H3,(H3,29,30)(H,36,37)/t20?,25-/m0/s1. The number of carboxylic acid groups (broad SMARTS) is 1. The Hall–Kier alpha value is -4.04. The molecule has 1 aliphatic rings. The second-order valence-corrected chi connectivity index (χ2v) is 13.2. The highest BCUT2D eigenvalue weighted by atomic mass is 32.2. The number of nitro benzene ring substituents is 1. The quantitative estimate of drug-likeness (QED) is 0.0981. The fourth-order valence-corrected chi connectivity index (χ4v) is 5.99. The molecule has 42 heavy (non-hydrogen) atoms. The average Bonchev–Trinajstić information content (AvgIpc) is 2.93. The molecule has 0 aromatic heterocycles. The van der Waals surface area contributed by atoms with Gasteiger partial charge in [0, 0.05) is 38.2 Å². The van der Waals surface area contributed by atoms with Crippen LogP contribution in [-0.4, -0.2) is 71.9 Å². The maximum Gasteiger partial charge on any atom is 0.342 e. The lowest BCUT2D eigenvalue weighted by Crippen LogP contribution is -2.57. The van der Waals surface area contributed by atoms with Gasteiger partial charge in [0.25, 0.3) is 5.69 Å². The number of aryl methyl sites for hydroxylation is 1. The smallest absolute Gasteiger partial charge is 0.342 e. The molecule has 2 aromatic rings. The van der Waals surface area contributed by atoms with Crippen LogP contribution in [-0.2, 0) is 31.4 Å². The number of amides is 1. The monoisotopic (exact) mass is 602 g/mol. The number of hydrogen-bond donors (Lipinski definition) is 4. The van der Waals surface area contributed by atoms with E-state index in [0.717, 1.165) is 10.5 Å². The summed E-state index contributed by atoms with van der Waals surface area (Å²) in [6.07, 6.45) is -0.603. The molecule has 1 amide bonds. The van der Waals surface area contributed by atoms with Crippen LogP contribution in [0.25, 0.3) is 0 Å². The van der Waals surface area contributed by atoms with E-state index in [1.807, 2.05) is 20.8 Å². The van der Waals surface area contributed by atoms with Crippen LogP contribution in [0.1, 0.15) is 51.2 Å². The molecular formula is C28H38N6O7S. The Kier molecular flexibility index (Phi) is 10.3. The van der Waals surface area contributed by atoms with E-state index in [4.69, 9.17) is 11.1 Å². The highest BCUT2D eigenvalue weighted by Gasteiger charge is 2.36. The zero-order valence-corrected chi connectivity index (χ0v) is 24.8.